The Hall–Kier alpha value is -0.120. The first-order valence-electron chi connectivity index (χ1n) is 7.23. The summed E-state index contributed by atoms with van der Waals surface area (Å²) in [5.41, 5.74) is 0.309. The van der Waals surface area contributed by atoms with E-state index in [1.54, 1.807) is 0 Å². The molecule has 0 aliphatic carbocycles. The third kappa shape index (κ3) is 3.43. The van der Waals surface area contributed by atoms with Gasteiger partial charge in [0.05, 0.1) is 6.10 Å². The van der Waals surface area contributed by atoms with Crippen molar-refractivity contribution in [3.8, 4) is 0 Å². The molecule has 0 bridgehead atoms. The van der Waals surface area contributed by atoms with Gasteiger partial charge in [0.25, 0.3) is 0 Å². The summed E-state index contributed by atoms with van der Waals surface area (Å²) in [7, 11) is 0. The van der Waals surface area contributed by atoms with Crippen LogP contribution in [0.1, 0.15) is 46.5 Å². The van der Waals surface area contributed by atoms with Gasteiger partial charge in [-0.05, 0) is 39.5 Å². The maximum Gasteiger partial charge on any atom is 0.0588 e. The molecule has 3 heteroatoms. The minimum Gasteiger partial charge on any atom is -0.378 e. The van der Waals surface area contributed by atoms with E-state index in [9.17, 15) is 0 Å². The standard InChI is InChI=1S/C14H28N2O/c1-4-14(3)11-16(12(2)10-15-14)8-7-13-6-5-9-17-13/h12-13,15H,4-11H2,1-3H3. The highest BCUT2D eigenvalue weighted by Gasteiger charge is 2.32. The van der Waals surface area contributed by atoms with Gasteiger partial charge in [-0.1, -0.05) is 6.92 Å². The molecule has 0 spiro atoms. The molecule has 3 atom stereocenters. The van der Waals surface area contributed by atoms with Gasteiger partial charge < -0.3 is 10.1 Å². The molecule has 1 N–H and O–H groups in total. The maximum atomic E-state index is 5.72. The van der Waals surface area contributed by atoms with Gasteiger partial charge in [0.1, 0.15) is 0 Å². The lowest BCUT2D eigenvalue weighted by Crippen LogP contribution is -2.62. The van der Waals surface area contributed by atoms with Gasteiger partial charge >= 0.3 is 0 Å². The quantitative estimate of drug-likeness (QED) is 0.813. The number of hydrogen-bond donors (Lipinski definition) is 1. The van der Waals surface area contributed by atoms with Crippen molar-refractivity contribution in [1.29, 1.82) is 0 Å². The van der Waals surface area contributed by atoms with Crippen molar-refractivity contribution in [3.05, 3.63) is 0 Å². The number of piperazine rings is 1. The van der Waals surface area contributed by atoms with E-state index in [0.29, 0.717) is 17.7 Å². The Labute approximate surface area is 106 Å². The molecule has 2 rings (SSSR count). The summed E-state index contributed by atoms with van der Waals surface area (Å²) in [6.45, 7) is 11.4. The van der Waals surface area contributed by atoms with Gasteiger partial charge in [0, 0.05) is 37.8 Å². The molecule has 3 unspecified atom stereocenters. The lowest BCUT2D eigenvalue weighted by molar-refractivity contribution is 0.0575. The van der Waals surface area contributed by atoms with E-state index in [-0.39, 0.29) is 0 Å². The van der Waals surface area contributed by atoms with Gasteiger partial charge in [-0.25, -0.2) is 0 Å². The molecular formula is C14H28N2O. The normalized spacial score (nSPS) is 39.7. The Bertz CT molecular complexity index is 240. The molecule has 2 saturated heterocycles. The zero-order chi connectivity index (χ0) is 12.3. The van der Waals surface area contributed by atoms with Crippen LogP contribution in [0.3, 0.4) is 0 Å². The van der Waals surface area contributed by atoms with E-state index in [2.05, 4.69) is 31.0 Å². The van der Waals surface area contributed by atoms with E-state index < -0.39 is 0 Å². The predicted molar refractivity (Wildman–Crippen MR) is 71.3 cm³/mol. The molecule has 2 aliphatic heterocycles. The molecule has 0 aromatic rings. The van der Waals surface area contributed by atoms with Gasteiger partial charge in [-0.2, -0.15) is 0 Å². The monoisotopic (exact) mass is 240 g/mol. The number of hydrogen-bond acceptors (Lipinski definition) is 3. The zero-order valence-electron chi connectivity index (χ0n) is 11.7. The van der Waals surface area contributed by atoms with Crippen LogP contribution in [0.15, 0.2) is 0 Å². The second kappa shape index (κ2) is 5.68. The van der Waals surface area contributed by atoms with Crippen LogP contribution in [0.5, 0.6) is 0 Å². The molecule has 0 amide bonds. The van der Waals surface area contributed by atoms with Crippen molar-refractivity contribution in [3.63, 3.8) is 0 Å². The topological polar surface area (TPSA) is 24.5 Å². The minimum atomic E-state index is 0.309. The summed E-state index contributed by atoms with van der Waals surface area (Å²) in [6.07, 6.45) is 5.48. The average molecular weight is 240 g/mol. The van der Waals surface area contributed by atoms with Crippen molar-refractivity contribution in [2.45, 2.75) is 64.1 Å². The molecule has 100 valence electrons. The highest BCUT2D eigenvalue weighted by Crippen LogP contribution is 2.21. The first-order chi connectivity index (χ1) is 8.13. The van der Waals surface area contributed by atoms with Gasteiger partial charge in [0.2, 0.25) is 0 Å². The SMILES string of the molecule is CCC1(C)CN(CCC2CCCO2)C(C)CN1. The number of nitrogens with one attached hydrogen (secondary N) is 1. The fourth-order valence-corrected chi connectivity index (χ4v) is 2.90. The summed E-state index contributed by atoms with van der Waals surface area (Å²) in [4.78, 5) is 2.64. The molecule has 0 aromatic heterocycles. The van der Waals surface area contributed by atoms with E-state index in [1.807, 2.05) is 0 Å². The largest absolute Gasteiger partial charge is 0.378 e. The summed E-state index contributed by atoms with van der Waals surface area (Å²) in [5.74, 6) is 0. The molecular weight excluding hydrogens is 212 g/mol. The molecule has 0 aromatic carbocycles. The predicted octanol–water partition coefficient (Wildman–Crippen LogP) is 2.02. The molecule has 3 nitrogen and oxygen atoms in total. The smallest absolute Gasteiger partial charge is 0.0588 e. The summed E-state index contributed by atoms with van der Waals surface area (Å²) < 4.78 is 5.72. The molecule has 0 radical (unpaired) electrons. The van der Waals surface area contributed by atoms with Crippen LogP contribution in [0, 0.1) is 0 Å². The zero-order valence-corrected chi connectivity index (χ0v) is 11.7. The van der Waals surface area contributed by atoms with Crippen LogP contribution >= 0.6 is 0 Å². The molecule has 0 saturated carbocycles. The fraction of sp³-hybridized carbons (Fsp3) is 1.00. The Kier molecular flexibility index (Phi) is 4.45. The van der Waals surface area contributed by atoms with Crippen molar-refractivity contribution >= 4 is 0 Å². The second-order valence-corrected chi connectivity index (χ2v) is 6.04. The van der Waals surface area contributed by atoms with Crippen LogP contribution in [0.2, 0.25) is 0 Å². The van der Waals surface area contributed by atoms with Crippen LogP contribution in [-0.2, 0) is 4.74 Å². The van der Waals surface area contributed by atoms with Gasteiger partial charge in [0.15, 0.2) is 0 Å². The Morgan fingerprint density at radius 3 is 2.94 bits per heavy atom. The van der Waals surface area contributed by atoms with Crippen molar-refractivity contribution < 1.29 is 4.74 Å². The lowest BCUT2D eigenvalue weighted by atomic mass is 9.93. The fourth-order valence-electron chi connectivity index (χ4n) is 2.90. The molecule has 2 fully saturated rings. The van der Waals surface area contributed by atoms with E-state index in [1.165, 1.54) is 38.8 Å². The number of ether oxygens (including phenoxy) is 1. The van der Waals surface area contributed by atoms with Crippen molar-refractivity contribution in [2.75, 3.05) is 26.2 Å². The van der Waals surface area contributed by atoms with Crippen LogP contribution in [0.4, 0.5) is 0 Å². The molecule has 2 heterocycles. The highest BCUT2D eigenvalue weighted by molar-refractivity contribution is 4.93. The van der Waals surface area contributed by atoms with E-state index in [4.69, 9.17) is 4.74 Å². The Morgan fingerprint density at radius 2 is 2.29 bits per heavy atom. The lowest BCUT2D eigenvalue weighted by Gasteiger charge is -2.45. The third-order valence-electron chi connectivity index (χ3n) is 4.54. The highest BCUT2D eigenvalue weighted by atomic mass is 16.5. The first-order valence-corrected chi connectivity index (χ1v) is 7.23. The van der Waals surface area contributed by atoms with Crippen LogP contribution in [0.25, 0.3) is 0 Å². The molecule has 17 heavy (non-hydrogen) atoms. The maximum absolute atomic E-state index is 5.72. The summed E-state index contributed by atoms with van der Waals surface area (Å²) in [6, 6.07) is 0.663. The average Bonchev–Trinajstić information content (AvgIpc) is 2.84. The third-order valence-corrected chi connectivity index (χ3v) is 4.54. The number of rotatable bonds is 4. The summed E-state index contributed by atoms with van der Waals surface area (Å²) >= 11 is 0. The minimum absolute atomic E-state index is 0.309. The Balaban J connectivity index is 1.80. The molecule has 2 aliphatic rings. The van der Waals surface area contributed by atoms with E-state index in [0.717, 1.165) is 13.2 Å². The van der Waals surface area contributed by atoms with Gasteiger partial charge in [-0.15, -0.1) is 0 Å². The van der Waals surface area contributed by atoms with Crippen molar-refractivity contribution in [2.24, 2.45) is 0 Å². The first kappa shape index (κ1) is 13.3. The van der Waals surface area contributed by atoms with Gasteiger partial charge in [-0.3, -0.25) is 4.90 Å². The second-order valence-electron chi connectivity index (χ2n) is 6.04. The van der Waals surface area contributed by atoms with Crippen LogP contribution in [-0.4, -0.2) is 48.8 Å². The van der Waals surface area contributed by atoms with E-state index >= 15 is 0 Å². The van der Waals surface area contributed by atoms with Crippen molar-refractivity contribution in [1.82, 2.24) is 10.2 Å². The number of nitrogens with zero attached hydrogens (tertiary/aromatic N) is 1. The van der Waals surface area contributed by atoms with Crippen LogP contribution < -0.4 is 5.32 Å². The Morgan fingerprint density at radius 1 is 1.47 bits per heavy atom. The summed E-state index contributed by atoms with van der Waals surface area (Å²) in [5, 5.41) is 3.68.